The van der Waals surface area contributed by atoms with Crippen molar-refractivity contribution in [3.8, 4) is 0 Å². The van der Waals surface area contributed by atoms with Gasteiger partial charge in [0.25, 0.3) is 0 Å². The van der Waals surface area contributed by atoms with E-state index in [0.29, 0.717) is 0 Å². The number of carbonyl (C=O) groups is 1. The lowest BCUT2D eigenvalue weighted by Crippen LogP contribution is -2.37. The Kier molecular flexibility index (Phi) is 2.23. The predicted molar refractivity (Wildman–Crippen MR) is 70.5 cm³/mol. The van der Waals surface area contributed by atoms with Gasteiger partial charge in [-0.25, -0.2) is 0 Å². The topological polar surface area (TPSA) is 33.2 Å². The summed E-state index contributed by atoms with van der Waals surface area (Å²) in [5, 5.41) is 0. The Hall–Kier alpha value is -2.16. The maximum Gasteiger partial charge on any atom is 0.241 e. The van der Waals surface area contributed by atoms with Crippen LogP contribution in [0.1, 0.15) is 18.1 Å². The van der Waals surface area contributed by atoms with Gasteiger partial charge in [0.2, 0.25) is 5.91 Å². The summed E-state index contributed by atoms with van der Waals surface area (Å²) in [6.07, 6.45) is 3.50. The lowest BCUT2D eigenvalue weighted by atomic mass is 9.78. The Morgan fingerprint density at radius 1 is 1.17 bits per heavy atom. The van der Waals surface area contributed by atoms with Crippen molar-refractivity contribution in [1.29, 1.82) is 0 Å². The highest BCUT2D eigenvalue weighted by Crippen LogP contribution is 2.44. The molecule has 90 valence electrons. The number of aromatic nitrogens is 1. The van der Waals surface area contributed by atoms with Crippen LogP contribution in [0.2, 0.25) is 0 Å². The molecule has 3 nitrogen and oxygen atoms in total. The third-order valence-electron chi connectivity index (χ3n) is 3.78. The molecule has 1 unspecified atom stereocenters. The van der Waals surface area contributed by atoms with E-state index in [1.807, 2.05) is 50.4 Å². The second kappa shape index (κ2) is 3.67. The molecule has 0 bridgehead atoms. The number of rotatable bonds is 1. The summed E-state index contributed by atoms with van der Waals surface area (Å²) in [6, 6.07) is 11.8. The fourth-order valence-corrected chi connectivity index (χ4v) is 2.69. The molecule has 3 heteroatoms. The Bertz CT molecular complexity index is 609. The van der Waals surface area contributed by atoms with Crippen LogP contribution >= 0.6 is 0 Å². The summed E-state index contributed by atoms with van der Waals surface area (Å²) in [6.45, 7) is 1.97. The maximum atomic E-state index is 12.6. The van der Waals surface area contributed by atoms with E-state index in [4.69, 9.17) is 0 Å². The average molecular weight is 238 g/mol. The molecule has 1 aromatic heterocycles. The van der Waals surface area contributed by atoms with Crippen molar-refractivity contribution in [2.45, 2.75) is 12.3 Å². The van der Waals surface area contributed by atoms with Crippen molar-refractivity contribution < 1.29 is 4.79 Å². The second-order valence-electron chi connectivity index (χ2n) is 4.75. The van der Waals surface area contributed by atoms with Gasteiger partial charge in [0.05, 0.1) is 0 Å². The molecular formula is C15H14N2O. The molecule has 18 heavy (non-hydrogen) atoms. The number of para-hydroxylation sites is 1. The zero-order chi connectivity index (χ0) is 12.8. The van der Waals surface area contributed by atoms with Gasteiger partial charge in [-0.15, -0.1) is 0 Å². The quantitative estimate of drug-likeness (QED) is 0.764. The van der Waals surface area contributed by atoms with E-state index in [2.05, 4.69) is 4.98 Å². The van der Waals surface area contributed by atoms with E-state index < -0.39 is 5.41 Å². The van der Waals surface area contributed by atoms with Crippen LogP contribution in [0.25, 0.3) is 0 Å². The molecule has 2 heterocycles. The van der Waals surface area contributed by atoms with Gasteiger partial charge in [-0.1, -0.05) is 24.3 Å². The molecule has 3 rings (SSSR count). The normalized spacial score (nSPS) is 22.1. The largest absolute Gasteiger partial charge is 0.314 e. The zero-order valence-corrected chi connectivity index (χ0v) is 10.4. The number of hydrogen-bond donors (Lipinski definition) is 0. The minimum atomic E-state index is -0.625. The molecule has 1 atom stereocenters. The van der Waals surface area contributed by atoms with Gasteiger partial charge < -0.3 is 4.90 Å². The predicted octanol–water partition coefficient (Wildman–Crippen LogP) is 2.36. The molecule has 1 aliphatic rings. The molecule has 0 spiro atoms. The Morgan fingerprint density at radius 3 is 2.67 bits per heavy atom. The van der Waals surface area contributed by atoms with Crippen LogP contribution in [-0.4, -0.2) is 17.9 Å². The van der Waals surface area contributed by atoms with E-state index in [-0.39, 0.29) is 5.91 Å². The number of amides is 1. The third-order valence-corrected chi connectivity index (χ3v) is 3.78. The Balaban J connectivity index is 2.27. The molecule has 1 amide bonds. The number of anilines is 1. The number of likely N-dealkylation sites (N-methyl/N-ethyl adjacent to an activating group) is 1. The lowest BCUT2D eigenvalue weighted by Gasteiger charge is -2.23. The Morgan fingerprint density at radius 2 is 1.94 bits per heavy atom. The SMILES string of the molecule is CN1C(=O)C(C)(c2cccnc2)c2ccccc21. The first-order valence-electron chi connectivity index (χ1n) is 5.94. The molecule has 0 fully saturated rings. The Labute approximate surface area is 106 Å². The van der Waals surface area contributed by atoms with Crippen LogP contribution < -0.4 is 4.90 Å². The maximum absolute atomic E-state index is 12.6. The molecule has 1 aromatic carbocycles. The summed E-state index contributed by atoms with van der Waals surface area (Å²) in [7, 11) is 1.82. The van der Waals surface area contributed by atoms with Gasteiger partial charge in [0.1, 0.15) is 5.41 Å². The monoisotopic (exact) mass is 238 g/mol. The first kappa shape index (κ1) is 11.0. The van der Waals surface area contributed by atoms with E-state index in [1.54, 1.807) is 17.3 Å². The summed E-state index contributed by atoms with van der Waals surface area (Å²) in [5.74, 6) is 0.0942. The average Bonchev–Trinajstić information content (AvgIpc) is 2.64. The molecule has 2 aromatic rings. The van der Waals surface area contributed by atoms with Crippen LogP contribution in [-0.2, 0) is 10.2 Å². The van der Waals surface area contributed by atoms with Gasteiger partial charge in [-0.2, -0.15) is 0 Å². The number of benzene rings is 1. The minimum absolute atomic E-state index is 0.0942. The fraction of sp³-hybridized carbons (Fsp3) is 0.200. The number of pyridine rings is 1. The third kappa shape index (κ3) is 1.24. The number of fused-ring (bicyclic) bond motifs is 1. The second-order valence-corrected chi connectivity index (χ2v) is 4.75. The van der Waals surface area contributed by atoms with Crippen molar-refractivity contribution in [3.63, 3.8) is 0 Å². The van der Waals surface area contributed by atoms with E-state index in [0.717, 1.165) is 16.8 Å². The standard InChI is InChI=1S/C15H14N2O/c1-15(11-6-5-9-16-10-11)12-7-3-4-8-13(12)17(2)14(15)18/h3-10H,1-2H3. The highest BCUT2D eigenvalue weighted by molar-refractivity contribution is 6.09. The summed E-state index contributed by atoms with van der Waals surface area (Å²) in [5.41, 5.74) is 2.34. The summed E-state index contributed by atoms with van der Waals surface area (Å²) < 4.78 is 0. The van der Waals surface area contributed by atoms with Gasteiger partial charge in [-0.3, -0.25) is 9.78 Å². The van der Waals surface area contributed by atoms with Crippen molar-refractivity contribution in [1.82, 2.24) is 4.98 Å². The van der Waals surface area contributed by atoms with Gasteiger partial charge in [0.15, 0.2) is 0 Å². The first-order valence-corrected chi connectivity index (χ1v) is 5.94. The molecule has 1 aliphatic heterocycles. The smallest absolute Gasteiger partial charge is 0.241 e. The number of carbonyl (C=O) groups excluding carboxylic acids is 1. The first-order chi connectivity index (χ1) is 8.65. The minimum Gasteiger partial charge on any atom is -0.314 e. The van der Waals surface area contributed by atoms with Crippen LogP contribution in [0.15, 0.2) is 48.8 Å². The van der Waals surface area contributed by atoms with E-state index >= 15 is 0 Å². The molecule has 0 aliphatic carbocycles. The van der Waals surface area contributed by atoms with Crippen molar-refractivity contribution >= 4 is 11.6 Å². The van der Waals surface area contributed by atoms with E-state index in [1.165, 1.54) is 0 Å². The van der Waals surface area contributed by atoms with Crippen molar-refractivity contribution in [2.75, 3.05) is 11.9 Å². The van der Waals surface area contributed by atoms with Crippen LogP contribution in [0.3, 0.4) is 0 Å². The van der Waals surface area contributed by atoms with Crippen molar-refractivity contribution in [3.05, 3.63) is 59.9 Å². The van der Waals surface area contributed by atoms with Crippen LogP contribution in [0, 0.1) is 0 Å². The van der Waals surface area contributed by atoms with Crippen LogP contribution in [0.4, 0.5) is 5.69 Å². The molecular weight excluding hydrogens is 224 g/mol. The molecule has 0 N–H and O–H groups in total. The van der Waals surface area contributed by atoms with Gasteiger partial charge in [-0.05, 0) is 30.2 Å². The summed E-state index contributed by atoms with van der Waals surface area (Å²) in [4.78, 5) is 18.4. The van der Waals surface area contributed by atoms with E-state index in [9.17, 15) is 4.79 Å². The van der Waals surface area contributed by atoms with Gasteiger partial charge >= 0.3 is 0 Å². The molecule has 0 saturated heterocycles. The van der Waals surface area contributed by atoms with Crippen LogP contribution in [0.5, 0.6) is 0 Å². The highest BCUT2D eigenvalue weighted by Gasteiger charge is 2.47. The molecule has 0 saturated carbocycles. The molecule has 0 radical (unpaired) electrons. The lowest BCUT2D eigenvalue weighted by molar-refractivity contribution is -0.121. The number of hydrogen-bond acceptors (Lipinski definition) is 2. The number of nitrogens with zero attached hydrogens (tertiary/aromatic N) is 2. The zero-order valence-electron chi connectivity index (χ0n) is 10.4. The van der Waals surface area contributed by atoms with Crippen molar-refractivity contribution in [2.24, 2.45) is 0 Å². The summed E-state index contributed by atoms with van der Waals surface area (Å²) >= 11 is 0. The highest BCUT2D eigenvalue weighted by atomic mass is 16.2. The van der Waals surface area contributed by atoms with Gasteiger partial charge in [0, 0.05) is 25.1 Å². The fourth-order valence-electron chi connectivity index (χ4n) is 2.69.